The van der Waals surface area contributed by atoms with Crippen LogP contribution in [0.5, 0.6) is 5.75 Å². The molecule has 2 aliphatic heterocycles. The van der Waals surface area contributed by atoms with Gasteiger partial charge in [0.2, 0.25) is 0 Å². The molecule has 3 heterocycles. The van der Waals surface area contributed by atoms with Crippen LogP contribution in [0.3, 0.4) is 0 Å². The predicted molar refractivity (Wildman–Crippen MR) is 107 cm³/mol. The zero-order chi connectivity index (χ0) is 19.5. The van der Waals surface area contributed by atoms with E-state index in [0.29, 0.717) is 12.4 Å². The van der Waals surface area contributed by atoms with Crippen molar-refractivity contribution >= 4 is 17.5 Å². The molecular weight excluding hydrogens is 358 g/mol. The molecule has 2 amide bonds. The monoisotopic (exact) mass is 383 g/mol. The molecule has 1 atom stereocenters. The summed E-state index contributed by atoms with van der Waals surface area (Å²) in [4.78, 5) is 31.0. The van der Waals surface area contributed by atoms with Crippen LogP contribution in [0.15, 0.2) is 35.4 Å². The van der Waals surface area contributed by atoms with Gasteiger partial charge in [-0.05, 0) is 49.4 Å². The Morgan fingerprint density at radius 2 is 2.21 bits per heavy atom. The predicted octanol–water partition coefficient (Wildman–Crippen LogP) is 1.90. The van der Waals surface area contributed by atoms with Gasteiger partial charge < -0.3 is 24.8 Å². The van der Waals surface area contributed by atoms with E-state index >= 15 is 0 Å². The zero-order valence-corrected chi connectivity index (χ0v) is 16.0. The van der Waals surface area contributed by atoms with E-state index in [1.807, 2.05) is 23.1 Å². The van der Waals surface area contributed by atoms with E-state index in [0.717, 1.165) is 55.8 Å². The summed E-state index contributed by atoms with van der Waals surface area (Å²) in [7, 11) is 1.71. The molecule has 2 aromatic rings. The average molecular weight is 383 g/mol. The smallest absolute Gasteiger partial charge is 0.319 e. The number of hydrogen-bond donors (Lipinski definition) is 2. The van der Waals surface area contributed by atoms with Gasteiger partial charge in [-0.25, -0.2) is 9.78 Å². The number of piperidine rings is 1. The second kappa shape index (κ2) is 7.92. The van der Waals surface area contributed by atoms with Crippen LogP contribution < -0.4 is 25.8 Å². The molecule has 0 bridgehead atoms. The molecule has 1 unspecified atom stereocenters. The van der Waals surface area contributed by atoms with Gasteiger partial charge in [0.15, 0.2) is 5.82 Å². The Morgan fingerprint density at radius 3 is 3.11 bits per heavy atom. The number of carbonyl (C=O) groups is 1. The number of ether oxygens (including phenoxy) is 1. The number of benzene rings is 1. The van der Waals surface area contributed by atoms with Crippen molar-refractivity contribution in [1.29, 1.82) is 0 Å². The van der Waals surface area contributed by atoms with E-state index in [4.69, 9.17) is 4.74 Å². The molecular formula is C20H25N5O3. The Morgan fingerprint density at radius 1 is 1.32 bits per heavy atom. The van der Waals surface area contributed by atoms with Gasteiger partial charge in [-0.1, -0.05) is 0 Å². The Kier molecular flexibility index (Phi) is 5.18. The van der Waals surface area contributed by atoms with Gasteiger partial charge in [0.25, 0.3) is 5.56 Å². The second-order valence-electron chi connectivity index (χ2n) is 7.33. The Bertz CT molecular complexity index is 926. The molecule has 0 saturated carbocycles. The first-order valence-corrected chi connectivity index (χ1v) is 9.70. The fourth-order valence-electron chi connectivity index (χ4n) is 3.78. The molecule has 0 spiro atoms. The van der Waals surface area contributed by atoms with Gasteiger partial charge in [-0.2, -0.15) is 0 Å². The van der Waals surface area contributed by atoms with E-state index in [-0.39, 0.29) is 17.6 Å². The summed E-state index contributed by atoms with van der Waals surface area (Å²) in [5, 5.41) is 5.93. The number of anilines is 2. The van der Waals surface area contributed by atoms with E-state index in [9.17, 15) is 9.59 Å². The number of nitrogens with zero attached hydrogens (tertiary/aromatic N) is 3. The highest BCUT2D eigenvalue weighted by Crippen LogP contribution is 2.27. The maximum absolute atomic E-state index is 12.5. The van der Waals surface area contributed by atoms with Crippen molar-refractivity contribution in [3.63, 3.8) is 0 Å². The van der Waals surface area contributed by atoms with E-state index < -0.39 is 0 Å². The van der Waals surface area contributed by atoms with E-state index in [1.165, 1.54) is 4.57 Å². The summed E-state index contributed by atoms with van der Waals surface area (Å²) in [5.41, 5.74) is 1.76. The lowest BCUT2D eigenvalue weighted by atomic mass is 10.1. The summed E-state index contributed by atoms with van der Waals surface area (Å²) in [6, 6.07) is 5.45. The van der Waals surface area contributed by atoms with Gasteiger partial charge in [-0.15, -0.1) is 0 Å². The van der Waals surface area contributed by atoms with Crippen molar-refractivity contribution in [2.45, 2.75) is 31.7 Å². The van der Waals surface area contributed by atoms with Crippen molar-refractivity contribution in [1.82, 2.24) is 14.9 Å². The number of fused-ring (bicyclic) bond motifs is 1. The third-order valence-corrected chi connectivity index (χ3v) is 5.22. The van der Waals surface area contributed by atoms with Gasteiger partial charge in [0.1, 0.15) is 5.75 Å². The van der Waals surface area contributed by atoms with Gasteiger partial charge in [0.05, 0.1) is 6.61 Å². The van der Waals surface area contributed by atoms with Crippen molar-refractivity contribution < 1.29 is 9.53 Å². The fourth-order valence-corrected chi connectivity index (χ4v) is 3.78. The number of urea groups is 1. The molecule has 2 N–H and O–H groups in total. The second-order valence-corrected chi connectivity index (χ2v) is 7.33. The molecule has 4 rings (SSSR count). The van der Waals surface area contributed by atoms with Crippen LogP contribution in [0.1, 0.15) is 24.8 Å². The summed E-state index contributed by atoms with van der Waals surface area (Å²) >= 11 is 0. The highest BCUT2D eigenvalue weighted by Gasteiger charge is 2.24. The molecule has 148 valence electrons. The van der Waals surface area contributed by atoms with Crippen molar-refractivity contribution in [2.75, 3.05) is 29.9 Å². The minimum atomic E-state index is -0.238. The maximum atomic E-state index is 12.5. The number of carbonyl (C=O) groups excluding carboxylic acids is 1. The molecule has 1 saturated heterocycles. The van der Waals surface area contributed by atoms with E-state index in [2.05, 4.69) is 15.6 Å². The molecule has 8 nitrogen and oxygen atoms in total. The largest absolute Gasteiger partial charge is 0.493 e. The minimum absolute atomic E-state index is 0.0403. The minimum Gasteiger partial charge on any atom is -0.493 e. The molecule has 1 aromatic heterocycles. The number of nitrogens with one attached hydrogen (secondary N) is 2. The Balaban J connectivity index is 1.38. The molecule has 28 heavy (non-hydrogen) atoms. The topological polar surface area (TPSA) is 88.5 Å². The number of hydrogen-bond acceptors (Lipinski definition) is 5. The quantitative estimate of drug-likeness (QED) is 0.845. The van der Waals surface area contributed by atoms with Crippen LogP contribution in [0.4, 0.5) is 16.3 Å². The van der Waals surface area contributed by atoms with Crippen LogP contribution in [0, 0.1) is 0 Å². The third-order valence-electron chi connectivity index (χ3n) is 5.22. The summed E-state index contributed by atoms with van der Waals surface area (Å²) < 4.78 is 7.13. The van der Waals surface area contributed by atoms with Crippen LogP contribution in [0.2, 0.25) is 0 Å². The standard InChI is InChI=1S/C20H25N5O3/c1-24-10-8-21-18(19(24)26)25-9-2-5-16(13-25)23-20(27)22-15-6-7-17-14(12-15)4-3-11-28-17/h6-8,10,12,16H,2-5,9,11,13H2,1H3,(H2,22,23,27). The summed E-state index contributed by atoms with van der Waals surface area (Å²) in [6.07, 6.45) is 6.98. The van der Waals surface area contributed by atoms with Gasteiger partial charge >= 0.3 is 6.03 Å². The normalized spacial score (nSPS) is 18.8. The maximum Gasteiger partial charge on any atom is 0.319 e. The van der Waals surface area contributed by atoms with Crippen LogP contribution in [-0.2, 0) is 13.5 Å². The van der Waals surface area contributed by atoms with Crippen molar-refractivity contribution in [3.05, 3.63) is 46.5 Å². The SMILES string of the molecule is Cn1ccnc(N2CCCC(NC(=O)Nc3ccc4c(c3)CCCO4)C2)c1=O. The molecule has 0 radical (unpaired) electrons. The molecule has 8 heteroatoms. The zero-order valence-electron chi connectivity index (χ0n) is 16.0. The van der Waals surface area contributed by atoms with Crippen LogP contribution in [-0.4, -0.2) is 41.3 Å². The molecule has 2 aliphatic rings. The number of amides is 2. The molecule has 1 fully saturated rings. The van der Waals surface area contributed by atoms with E-state index in [1.54, 1.807) is 19.4 Å². The van der Waals surface area contributed by atoms with Crippen LogP contribution >= 0.6 is 0 Å². The Labute approximate surface area is 163 Å². The molecule has 1 aromatic carbocycles. The average Bonchev–Trinajstić information content (AvgIpc) is 2.70. The van der Waals surface area contributed by atoms with Gasteiger partial charge in [-0.3, -0.25) is 4.79 Å². The summed E-state index contributed by atoms with van der Waals surface area (Å²) in [5.74, 6) is 1.34. The first-order valence-electron chi connectivity index (χ1n) is 9.70. The van der Waals surface area contributed by atoms with Crippen molar-refractivity contribution in [2.24, 2.45) is 7.05 Å². The lowest BCUT2D eigenvalue weighted by Crippen LogP contribution is -2.50. The van der Waals surface area contributed by atoms with Crippen molar-refractivity contribution in [3.8, 4) is 5.75 Å². The number of aromatic nitrogens is 2. The molecule has 0 aliphatic carbocycles. The first-order chi connectivity index (χ1) is 13.6. The lowest BCUT2D eigenvalue weighted by Gasteiger charge is -2.33. The fraction of sp³-hybridized carbons (Fsp3) is 0.450. The van der Waals surface area contributed by atoms with Crippen LogP contribution in [0.25, 0.3) is 0 Å². The lowest BCUT2D eigenvalue weighted by molar-refractivity contribution is 0.246. The highest BCUT2D eigenvalue weighted by atomic mass is 16.5. The summed E-state index contributed by atoms with van der Waals surface area (Å²) in [6.45, 7) is 2.08. The highest BCUT2D eigenvalue weighted by molar-refractivity contribution is 5.89. The Hall–Kier alpha value is -3.03. The number of rotatable bonds is 3. The third kappa shape index (κ3) is 3.95. The number of aryl methyl sites for hydroxylation is 2. The first kappa shape index (κ1) is 18.3. The van der Waals surface area contributed by atoms with Gasteiger partial charge in [0, 0.05) is 44.3 Å².